The summed E-state index contributed by atoms with van der Waals surface area (Å²) in [6.45, 7) is 0. The third-order valence-corrected chi connectivity index (χ3v) is 5.83. The third kappa shape index (κ3) is 4.73. The van der Waals surface area contributed by atoms with Crippen molar-refractivity contribution in [2.24, 2.45) is 0 Å². The molecule has 2 heterocycles. The Bertz CT molecular complexity index is 1040. The second kappa shape index (κ2) is 9.52. The fourth-order valence-corrected chi connectivity index (χ4v) is 4.00. The number of benzene rings is 1. The first-order valence-corrected chi connectivity index (χ1v) is 11.2. The lowest BCUT2D eigenvalue weighted by molar-refractivity contribution is -0.116. The standard InChI is InChI=1S/C16H14BrFN4O4S2/c1-27-8-10(23)3-2-6-28-15-13(19-26-21-15)14-20-25-16(24)22(14)9-4-5-12(18)11(17)7-9/h4-5,7H,2-3,6,8H2,1H3. The fourth-order valence-electron chi connectivity index (χ4n) is 2.33. The molecule has 3 aromatic rings. The summed E-state index contributed by atoms with van der Waals surface area (Å²) in [7, 11) is 0. The number of Topliss-reactive ketones (excluding diaryl/α,β-unsaturated/α-hetero) is 1. The molecule has 0 spiro atoms. The highest BCUT2D eigenvalue weighted by atomic mass is 79.9. The van der Waals surface area contributed by atoms with E-state index in [-0.39, 0.29) is 21.8 Å². The lowest BCUT2D eigenvalue weighted by atomic mass is 10.2. The maximum atomic E-state index is 13.5. The highest BCUT2D eigenvalue weighted by molar-refractivity contribution is 9.10. The maximum absolute atomic E-state index is 13.5. The van der Waals surface area contributed by atoms with Crippen molar-refractivity contribution in [3.63, 3.8) is 0 Å². The SMILES string of the molecule is CSCC(=O)CCCSc1nonc1-c1noc(=O)n1-c1ccc(F)c(Br)c1. The first-order chi connectivity index (χ1) is 13.5. The second-order valence-corrected chi connectivity index (χ2v) is 8.35. The summed E-state index contributed by atoms with van der Waals surface area (Å²) in [5.74, 6) is 0.176. The average Bonchev–Trinajstić information content (AvgIpc) is 3.27. The predicted octanol–water partition coefficient (Wildman–Crippen LogP) is 3.58. The van der Waals surface area contributed by atoms with Crippen LogP contribution >= 0.6 is 39.5 Å². The molecule has 0 amide bonds. The number of carbonyl (C=O) groups is 1. The maximum Gasteiger partial charge on any atom is 0.446 e. The summed E-state index contributed by atoms with van der Waals surface area (Å²) in [4.78, 5) is 23.7. The van der Waals surface area contributed by atoms with Gasteiger partial charge in [0.15, 0.2) is 10.7 Å². The van der Waals surface area contributed by atoms with Gasteiger partial charge in [-0.25, -0.2) is 18.4 Å². The van der Waals surface area contributed by atoms with E-state index in [2.05, 4.69) is 31.4 Å². The molecule has 0 fully saturated rings. The average molecular weight is 489 g/mol. The molecular formula is C16H14BrFN4O4S2. The minimum absolute atomic E-state index is 0.0886. The molecule has 0 bridgehead atoms. The third-order valence-electron chi connectivity index (χ3n) is 3.58. The summed E-state index contributed by atoms with van der Waals surface area (Å²) in [6.07, 6.45) is 3.04. The zero-order valence-electron chi connectivity index (χ0n) is 14.6. The normalized spacial score (nSPS) is 11.1. The van der Waals surface area contributed by atoms with Crippen LogP contribution in [0.5, 0.6) is 0 Å². The van der Waals surface area contributed by atoms with Gasteiger partial charge in [0.1, 0.15) is 11.6 Å². The van der Waals surface area contributed by atoms with Gasteiger partial charge in [0.25, 0.3) is 0 Å². The Labute approximate surface area is 175 Å². The molecule has 0 saturated carbocycles. The van der Waals surface area contributed by atoms with Crippen LogP contribution in [0.15, 0.2) is 41.6 Å². The number of nitrogens with zero attached hydrogens (tertiary/aromatic N) is 4. The zero-order valence-corrected chi connectivity index (χ0v) is 17.8. The van der Waals surface area contributed by atoms with E-state index < -0.39 is 11.6 Å². The number of rotatable bonds is 9. The number of halogens is 2. The lowest BCUT2D eigenvalue weighted by Crippen LogP contribution is -2.13. The molecule has 0 unspecified atom stereocenters. The van der Waals surface area contributed by atoms with Gasteiger partial charge in [-0.3, -0.25) is 9.32 Å². The van der Waals surface area contributed by atoms with Crippen molar-refractivity contribution >= 4 is 45.2 Å². The topological polar surface area (TPSA) is 104 Å². The Morgan fingerprint density at radius 1 is 1.32 bits per heavy atom. The van der Waals surface area contributed by atoms with E-state index in [0.29, 0.717) is 35.1 Å². The smallest absolute Gasteiger partial charge is 0.299 e. The molecule has 12 heteroatoms. The largest absolute Gasteiger partial charge is 0.446 e. The van der Waals surface area contributed by atoms with E-state index >= 15 is 0 Å². The van der Waals surface area contributed by atoms with Gasteiger partial charge in [-0.05, 0) is 57.1 Å². The van der Waals surface area contributed by atoms with Crippen LogP contribution in [0.4, 0.5) is 4.39 Å². The molecule has 148 valence electrons. The molecule has 0 radical (unpaired) electrons. The Balaban J connectivity index is 1.81. The van der Waals surface area contributed by atoms with Crippen molar-refractivity contribution < 1.29 is 18.3 Å². The van der Waals surface area contributed by atoms with Crippen molar-refractivity contribution in [3.05, 3.63) is 39.0 Å². The molecule has 28 heavy (non-hydrogen) atoms. The highest BCUT2D eigenvalue weighted by Gasteiger charge is 2.23. The van der Waals surface area contributed by atoms with Crippen molar-refractivity contribution in [2.75, 3.05) is 17.8 Å². The minimum atomic E-state index is -0.755. The molecule has 3 rings (SSSR count). The molecule has 0 aliphatic rings. The molecule has 0 N–H and O–H groups in total. The summed E-state index contributed by atoms with van der Waals surface area (Å²) < 4.78 is 24.4. The first kappa shape index (κ1) is 20.8. The molecular weight excluding hydrogens is 475 g/mol. The fraction of sp³-hybridized carbons (Fsp3) is 0.312. The van der Waals surface area contributed by atoms with Crippen LogP contribution in [-0.2, 0) is 4.79 Å². The summed E-state index contributed by atoms with van der Waals surface area (Å²) in [5.41, 5.74) is 0.572. The van der Waals surface area contributed by atoms with E-state index in [1.54, 1.807) is 0 Å². The van der Waals surface area contributed by atoms with Gasteiger partial charge in [-0.1, -0.05) is 5.16 Å². The van der Waals surface area contributed by atoms with Crippen LogP contribution < -0.4 is 5.76 Å². The van der Waals surface area contributed by atoms with Crippen LogP contribution in [-0.4, -0.2) is 43.6 Å². The summed E-state index contributed by atoms with van der Waals surface area (Å²) >= 11 is 5.92. The minimum Gasteiger partial charge on any atom is -0.299 e. The monoisotopic (exact) mass is 488 g/mol. The summed E-state index contributed by atoms with van der Waals surface area (Å²) in [6, 6.07) is 4.06. The van der Waals surface area contributed by atoms with Crippen LogP contribution in [0, 0.1) is 5.82 Å². The van der Waals surface area contributed by atoms with Gasteiger partial charge >= 0.3 is 5.76 Å². The number of thioether (sulfide) groups is 2. The Morgan fingerprint density at radius 2 is 2.14 bits per heavy atom. The molecule has 1 aromatic carbocycles. The molecule has 0 saturated heterocycles. The van der Waals surface area contributed by atoms with Crippen LogP contribution in [0.1, 0.15) is 12.8 Å². The Hall–Kier alpha value is -1.92. The number of aromatic nitrogens is 4. The Kier molecular flexibility index (Phi) is 7.08. The zero-order chi connectivity index (χ0) is 20.1. The van der Waals surface area contributed by atoms with E-state index in [9.17, 15) is 14.0 Å². The van der Waals surface area contributed by atoms with Gasteiger partial charge < -0.3 is 0 Å². The van der Waals surface area contributed by atoms with Crippen LogP contribution in [0.3, 0.4) is 0 Å². The van der Waals surface area contributed by atoms with Crippen molar-refractivity contribution in [1.29, 1.82) is 0 Å². The Morgan fingerprint density at radius 3 is 2.89 bits per heavy atom. The summed E-state index contributed by atoms with van der Waals surface area (Å²) in [5, 5.41) is 11.8. The number of ketones is 1. The molecule has 8 nitrogen and oxygen atoms in total. The van der Waals surface area contributed by atoms with Crippen molar-refractivity contribution in [3.8, 4) is 17.2 Å². The van der Waals surface area contributed by atoms with E-state index in [1.807, 2.05) is 6.26 Å². The second-order valence-electron chi connectivity index (χ2n) is 5.55. The molecule has 0 atom stereocenters. The van der Waals surface area contributed by atoms with E-state index in [4.69, 9.17) is 9.15 Å². The van der Waals surface area contributed by atoms with E-state index in [0.717, 1.165) is 4.57 Å². The molecule has 0 aliphatic heterocycles. The van der Waals surface area contributed by atoms with Crippen LogP contribution in [0.25, 0.3) is 17.2 Å². The number of hydrogen-bond acceptors (Lipinski definition) is 9. The quantitative estimate of drug-likeness (QED) is 0.330. The molecule has 0 aliphatic carbocycles. The molecule has 2 aromatic heterocycles. The van der Waals surface area contributed by atoms with Gasteiger partial charge in [-0.15, -0.1) is 11.8 Å². The number of hydrogen-bond donors (Lipinski definition) is 0. The lowest BCUT2D eigenvalue weighted by Gasteiger charge is -2.04. The van der Waals surface area contributed by atoms with Gasteiger partial charge in [0.05, 0.1) is 15.9 Å². The van der Waals surface area contributed by atoms with Gasteiger partial charge in [0, 0.05) is 12.2 Å². The number of carbonyl (C=O) groups excluding carboxylic acids is 1. The van der Waals surface area contributed by atoms with Crippen molar-refractivity contribution in [2.45, 2.75) is 17.9 Å². The first-order valence-electron chi connectivity index (χ1n) is 8.01. The van der Waals surface area contributed by atoms with Crippen molar-refractivity contribution in [1.82, 2.24) is 20.0 Å². The predicted molar refractivity (Wildman–Crippen MR) is 106 cm³/mol. The van der Waals surface area contributed by atoms with Gasteiger partial charge in [0.2, 0.25) is 5.82 Å². The van der Waals surface area contributed by atoms with Gasteiger partial charge in [-0.2, -0.15) is 11.8 Å². The highest BCUT2D eigenvalue weighted by Crippen LogP contribution is 2.29. The van der Waals surface area contributed by atoms with E-state index in [1.165, 1.54) is 41.7 Å². The van der Waals surface area contributed by atoms with Crippen LogP contribution in [0.2, 0.25) is 0 Å².